The number of piperazine rings is 1. The molecule has 0 aliphatic carbocycles. The maximum absolute atomic E-state index is 13.8. The highest BCUT2D eigenvalue weighted by molar-refractivity contribution is 7.90. The number of para-hydroxylation sites is 1. The van der Waals surface area contributed by atoms with E-state index in [1.165, 1.54) is 6.33 Å². The highest BCUT2D eigenvalue weighted by Gasteiger charge is 2.29. The predicted molar refractivity (Wildman–Crippen MR) is 155 cm³/mol. The molecule has 1 aliphatic rings. The van der Waals surface area contributed by atoms with E-state index < -0.39 is 17.0 Å². The summed E-state index contributed by atoms with van der Waals surface area (Å²) < 4.78 is 26.7. The fourth-order valence-corrected chi connectivity index (χ4v) is 5.50. The van der Waals surface area contributed by atoms with E-state index in [4.69, 9.17) is 9.47 Å². The monoisotopic (exact) mass is 557 g/mol. The third kappa shape index (κ3) is 6.33. The summed E-state index contributed by atoms with van der Waals surface area (Å²) >= 11 is -1.58. The molecular weight excluding hydrogens is 526 g/mol. The molecule has 2 aromatic heterocycles. The Kier molecular flexibility index (Phi) is 8.14. The number of benzene rings is 2. The van der Waals surface area contributed by atoms with Crippen LogP contribution >= 0.6 is 0 Å². The number of rotatable bonds is 5. The van der Waals surface area contributed by atoms with Crippen LogP contribution in [0.15, 0.2) is 78.0 Å². The highest BCUT2D eigenvalue weighted by Crippen LogP contribution is 2.30. The van der Waals surface area contributed by atoms with Gasteiger partial charge in [0.25, 0.3) is 0 Å². The first-order chi connectivity index (χ1) is 19.3. The largest absolute Gasteiger partial charge is 0.587 e. The molecule has 1 amide bonds. The second-order valence-corrected chi connectivity index (χ2v) is 11.5. The van der Waals surface area contributed by atoms with Gasteiger partial charge in [0.1, 0.15) is 47.2 Å². The maximum Gasteiger partial charge on any atom is 0.410 e. The van der Waals surface area contributed by atoms with Crippen molar-refractivity contribution >= 4 is 34.3 Å². The Morgan fingerprint density at radius 1 is 1.00 bits per heavy atom. The molecule has 5 rings (SSSR count). The van der Waals surface area contributed by atoms with Crippen molar-refractivity contribution in [1.29, 1.82) is 0 Å². The second kappa shape index (κ2) is 11.9. The molecule has 3 heterocycles. The van der Waals surface area contributed by atoms with Gasteiger partial charge in [0.05, 0.1) is 5.39 Å². The number of fused-ring (bicyclic) bond motifs is 1. The molecule has 40 heavy (non-hydrogen) atoms. The van der Waals surface area contributed by atoms with E-state index in [0.717, 1.165) is 11.1 Å². The van der Waals surface area contributed by atoms with Gasteiger partial charge in [-0.15, -0.1) is 3.97 Å². The van der Waals surface area contributed by atoms with Gasteiger partial charge < -0.3 is 23.8 Å². The Morgan fingerprint density at radius 3 is 2.35 bits per heavy atom. The molecule has 1 saturated heterocycles. The molecule has 1 unspecified atom stereocenters. The fraction of sp³-hybridized carbons (Fsp3) is 0.300. The number of hydrogen-bond acceptors (Lipinski definition) is 7. The van der Waals surface area contributed by atoms with Crippen LogP contribution in [0.5, 0.6) is 5.75 Å². The van der Waals surface area contributed by atoms with Crippen LogP contribution in [0.3, 0.4) is 0 Å². The number of hydrogen-bond donors (Lipinski definition) is 0. The summed E-state index contributed by atoms with van der Waals surface area (Å²) in [5.74, 6) is 7.62. The van der Waals surface area contributed by atoms with Crippen LogP contribution in [0.2, 0.25) is 0 Å². The van der Waals surface area contributed by atoms with Crippen LogP contribution in [0.25, 0.3) is 11.0 Å². The first kappa shape index (κ1) is 27.4. The van der Waals surface area contributed by atoms with E-state index in [1.54, 1.807) is 8.87 Å². The lowest BCUT2D eigenvalue weighted by molar-refractivity contribution is 0.0240. The van der Waals surface area contributed by atoms with Crippen molar-refractivity contribution in [2.24, 2.45) is 0 Å². The second-order valence-electron chi connectivity index (χ2n) is 10.2. The zero-order chi connectivity index (χ0) is 28.1. The van der Waals surface area contributed by atoms with E-state index in [0.29, 0.717) is 48.2 Å². The average Bonchev–Trinajstić information content (AvgIpc) is 3.33. The minimum atomic E-state index is -1.58. The lowest BCUT2D eigenvalue weighted by Gasteiger charge is -2.36. The molecule has 1 aliphatic heterocycles. The number of carbonyl (C=O) groups is 1. The number of aromatic nitrogens is 3. The normalized spacial score (nSPS) is 14.4. The molecule has 1 atom stereocenters. The van der Waals surface area contributed by atoms with Crippen LogP contribution in [0.1, 0.15) is 26.5 Å². The maximum atomic E-state index is 13.8. The molecule has 0 N–H and O–H groups in total. The minimum Gasteiger partial charge on any atom is -0.587 e. The van der Waals surface area contributed by atoms with Gasteiger partial charge in [-0.25, -0.2) is 14.8 Å². The van der Waals surface area contributed by atoms with Gasteiger partial charge in [0, 0.05) is 26.2 Å². The fourth-order valence-electron chi connectivity index (χ4n) is 4.32. The van der Waals surface area contributed by atoms with Crippen molar-refractivity contribution in [3.8, 4) is 17.6 Å². The van der Waals surface area contributed by atoms with Gasteiger partial charge in [-0.1, -0.05) is 42.3 Å². The summed E-state index contributed by atoms with van der Waals surface area (Å²) in [4.78, 5) is 26.1. The molecule has 0 bridgehead atoms. The Balaban J connectivity index is 1.44. The average molecular weight is 558 g/mol. The Morgan fingerprint density at radius 2 is 1.68 bits per heavy atom. The van der Waals surface area contributed by atoms with Crippen molar-refractivity contribution in [3.63, 3.8) is 0 Å². The van der Waals surface area contributed by atoms with Crippen LogP contribution < -0.4 is 9.64 Å². The van der Waals surface area contributed by atoms with E-state index in [2.05, 4.69) is 26.7 Å². The lowest BCUT2D eigenvalue weighted by Crippen LogP contribution is -2.50. The summed E-state index contributed by atoms with van der Waals surface area (Å²) in [6.45, 7) is 7.90. The molecule has 9 nitrogen and oxygen atoms in total. The number of ether oxygens (including phenoxy) is 2. The Labute approximate surface area is 237 Å². The first-order valence-corrected chi connectivity index (χ1v) is 14.1. The van der Waals surface area contributed by atoms with Gasteiger partial charge in [0.15, 0.2) is 10.5 Å². The van der Waals surface area contributed by atoms with Crippen LogP contribution in [0.4, 0.5) is 10.6 Å². The molecule has 1 fully saturated rings. The van der Waals surface area contributed by atoms with Crippen LogP contribution in [-0.2, 0) is 16.1 Å². The van der Waals surface area contributed by atoms with Gasteiger partial charge >= 0.3 is 6.09 Å². The molecule has 4 aromatic rings. The number of anilines is 1. The summed E-state index contributed by atoms with van der Waals surface area (Å²) in [6, 6.07) is 20.5. The summed E-state index contributed by atoms with van der Waals surface area (Å²) in [7, 11) is 0. The van der Waals surface area contributed by atoms with Crippen molar-refractivity contribution < 1.29 is 18.8 Å². The van der Waals surface area contributed by atoms with E-state index in [9.17, 15) is 9.35 Å². The Hall–Kier alpha value is -4.20. The Bertz CT molecular complexity index is 1520. The zero-order valence-corrected chi connectivity index (χ0v) is 23.6. The topological polar surface area (TPSA) is 95.8 Å². The van der Waals surface area contributed by atoms with Crippen LogP contribution in [-0.4, -0.2) is 67.9 Å². The third-order valence-corrected chi connectivity index (χ3v) is 7.52. The molecule has 10 heteroatoms. The number of amides is 1. The third-order valence-electron chi connectivity index (χ3n) is 6.15. The number of nitrogens with zero attached hydrogens (tertiary/aromatic N) is 5. The SMILES string of the molecule is CC(C)(C)OC(=O)N1CCN(c2ncnc3c2cc(C#CCOc2ccccc2)n3[S+]([O-])c2ccccc2)CC1. The minimum absolute atomic E-state index is 0.175. The van der Waals surface area contributed by atoms with Crippen molar-refractivity contribution in [1.82, 2.24) is 18.8 Å². The van der Waals surface area contributed by atoms with Gasteiger partial charge in [-0.3, -0.25) is 0 Å². The summed E-state index contributed by atoms with van der Waals surface area (Å²) in [5.41, 5.74) is 0.520. The highest BCUT2D eigenvalue weighted by atomic mass is 32.2. The molecule has 0 radical (unpaired) electrons. The standard InChI is InChI=1S/C30H31N5O4S/c1-30(2,3)39-29(36)34-18-16-33(17-19-34)27-26-21-23(11-10-20-38-24-12-6-4-7-13-24)35(28(26)32-22-31-27)40(37)25-14-8-5-9-15-25/h4-9,12-15,21-22H,16-20H2,1-3H3. The van der Waals surface area contributed by atoms with E-state index in [-0.39, 0.29) is 12.7 Å². The molecule has 0 spiro atoms. The van der Waals surface area contributed by atoms with Crippen molar-refractivity contribution in [2.45, 2.75) is 31.3 Å². The van der Waals surface area contributed by atoms with E-state index >= 15 is 0 Å². The summed E-state index contributed by atoms with van der Waals surface area (Å²) in [6.07, 6.45) is 1.16. The predicted octanol–water partition coefficient (Wildman–Crippen LogP) is 4.49. The lowest BCUT2D eigenvalue weighted by atomic mass is 10.2. The molecule has 0 saturated carbocycles. The van der Waals surface area contributed by atoms with Gasteiger partial charge in [-0.05, 0) is 57.0 Å². The van der Waals surface area contributed by atoms with Crippen LogP contribution in [0, 0.1) is 11.8 Å². The molecule has 2 aromatic carbocycles. The smallest absolute Gasteiger partial charge is 0.410 e. The van der Waals surface area contributed by atoms with Crippen molar-refractivity contribution in [2.75, 3.05) is 37.7 Å². The first-order valence-electron chi connectivity index (χ1n) is 13.0. The molecule has 206 valence electrons. The molecular formula is C30H31N5O4S. The zero-order valence-electron chi connectivity index (χ0n) is 22.7. The summed E-state index contributed by atoms with van der Waals surface area (Å²) in [5, 5.41) is 0.741. The number of carbonyl (C=O) groups excluding carboxylic acids is 1. The van der Waals surface area contributed by atoms with Gasteiger partial charge in [0.2, 0.25) is 0 Å². The quantitative estimate of drug-likeness (QED) is 0.264. The van der Waals surface area contributed by atoms with E-state index in [1.807, 2.05) is 87.5 Å². The van der Waals surface area contributed by atoms with Crippen molar-refractivity contribution in [3.05, 3.63) is 78.8 Å². The van der Waals surface area contributed by atoms with Gasteiger partial charge in [-0.2, -0.15) is 0 Å².